The third kappa shape index (κ3) is 5.60. The van der Waals surface area contributed by atoms with Crippen molar-refractivity contribution >= 4 is 34.2 Å². The Kier molecular flexibility index (Phi) is 7.41. The molecule has 3 atom stereocenters. The van der Waals surface area contributed by atoms with Gasteiger partial charge in [0.15, 0.2) is 17.7 Å². The van der Waals surface area contributed by atoms with E-state index in [0.29, 0.717) is 30.4 Å². The molecule has 10 nitrogen and oxygen atoms in total. The number of nitrogen functional groups attached to an aromatic ring is 1. The Bertz CT molecular complexity index is 1320. The van der Waals surface area contributed by atoms with Crippen molar-refractivity contribution in [2.45, 2.75) is 57.3 Å². The molecular weight excluding hydrogens is 500 g/mol. The Morgan fingerprint density at radius 3 is 2.32 bits per heavy atom. The number of carboxylic acid groups (broad SMARTS) is 1. The molecule has 2 aliphatic rings. The highest BCUT2D eigenvalue weighted by Crippen LogP contribution is 2.42. The number of hydrogen-bond donors (Lipinski definition) is 3. The standard InChI is InChI=1S/C26H35F2N5O5/c1-13-9-31(10-14(2)30-13)24-20(27)22(29)19-23(21(24)28)32(15-6-7-15)11-17(25(19)36)26(37)38-16(8-18(34)35)12-33(3,4)5/h11,13-16,30H,6-10,12H2,1-5H3,(H2-,29,34,35,36)/p+1/t13-,14+,16?. The van der Waals surface area contributed by atoms with Gasteiger partial charge in [0.25, 0.3) is 0 Å². The summed E-state index contributed by atoms with van der Waals surface area (Å²) >= 11 is 0. The van der Waals surface area contributed by atoms with Gasteiger partial charge in [-0.15, -0.1) is 0 Å². The number of nitrogens with one attached hydrogen (secondary N) is 1. The molecule has 2 heterocycles. The first-order chi connectivity index (χ1) is 17.7. The number of nitrogens with two attached hydrogens (primary N) is 1. The number of hydrogen-bond acceptors (Lipinski definition) is 7. The molecule has 1 saturated heterocycles. The minimum atomic E-state index is -1.16. The summed E-state index contributed by atoms with van der Waals surface area (Å²) in [6.07, 6.45) is 1.13. The largest absolute Gasteiger partial charge is 0.481 e. The Morgan fingerprint density at radius 1 is 1.18 bits per heavy atom. The number of esters is 1. The summed E-state index contributed by atoms with van der Waals surface area (Å²) in [7, 11) is 5.42. The van der Waals surface area contributed by atoms with Gasteiger partial charge in [-0.25, -0.2) is 13.6 Å². The lowest BCUT2D eigenvalue weighted by Crippen LogP contribution is -2.54. The molecule has 4 rings (SSSR count). The lowest BCUT2D eigenvalue weighted by Gasteiger charge is -2.38. The minimum Gasteiger partial charge on any atom is -0.481 e. The van der Waals surface area contributed by atoms with Crippen LogP contribution in [0.1, 0.15) is 49.5 Å². The van der Waals surface area contributed by atoms with Crippen LogP contribution in [0.4, 0.5) is 20.2 Å². The van der Waals surface area contributed by atoms with Gasteiger partial charge >= 0.3 is 11.9 Å². The number of carbonyl (C=O) groups is 2. The topological polar surface area (TPSA) is 127 Å². The zero-order valence-electron chi connectivity index (χ0n) is 22.4. The van der Waals surface area contributed by atoms with Crippen LogP contribution in [-0.4, -0.2) is 85.1 Å². The van der Waals surface area contributed by atoms with E-state index in [1.54, 1.807) is 4.90 Å². The van der Waals surface area contributed by atoms with E-state index in [4.69, 9.17) is 10.5 Å². The smallest absolute Gasteiger partial charge is 0.344 e. The Labute approximate surface area is 219 Å². The van der Waals surface area contributed by atoms with Crippen LogP contribution in [0.15, 0.2) is 11.0 Å². The van der Waals surface area contributed by atoms with E-state index in [9.17, 15) is 19.5 Å². The third-order valence-electron chi connectivity index (χ3n) is 6.83. The SMILES string of the molecule is C[C@@H]1CN(c2c(F)c(N)c3c(=O)c(C(=O)OC(CC(=O)O)C[N+](C)(C)C)cn(C4CC4)c3c2F)C[C@H](C)N1. The fourth-order valence-electron chi connectivity index (χ4n) is 5.29. The lowest BCUT2D eigenvalue weighted by atomic mass is 10.0. The second kappa shape index (κ2) is 10.1. The van der Waals surface area contributed by atoms with Gasteiger partial charge in [0.2, 0.25) is 5.43 Å². The van der Waals surface area contributed by atoms with E-state index in [2.05, 4.69) is 5.32 Å². The number of aromatic nitrogens is 1. The predicted molar refractivity (Wildman–Crippen MR) is 139 cm³/mol. The first-order valence-corrected chi connectivity index (χ1v) is 12.8. The minimum absolute atomic E-state index is 0.0253. The van der Waals surface area contributed by atoms with Crippen molar-refractivity contribution in [2.24, 2.45) is 0 Å². The number of piperazine rings is 1. The molecule has 0 spiro atoms. The maximum absolute atomic E-state index is 16.1. The van der Waals surface area contributed by atoms with Crippen molar-refractivity contribution in [3.05, 3.63) is 33.6 Å². The van der Waals surface area contributed by atoms with Crippen molar-refractivity contribution in [3.63, 3.8) is 0 Å². The Morgan fingerprint density at radius 2 is 1.79 bits per heavy atom. The van der Waals surface area contributed by atoms with Gasteiger partial charge in [0, 0.05) is 37.4 Å². The maximum atomic E-state index is 16.1. The summed E-state index contributed by atoms with van der Waals surface area (Å²) < 4.78 is 39.1. The first-order valence-electron chi connectivity index (χ1n) is 12.8. The number of anilines is 2. The average molecular weight is 537 g/mol. The molecule has 2 fully saturated rings. The predicted octanol–water partition coefficient (Wildman–Crippen LogP) is 2.09. The second-order valence-corrected chi connectivity index (χ2v) is 11.6. The van der Waals surface area contributed by atoms with Gasteiger partial charge in [0.05, 0.1) is 44.2 Å². The van der Waals surface area contributed by atoms with Gasteiger partial charge in [-0.1, -0.05) is 0 Å². The number of fused-ring (bicyclic) bond motifs is 1. The monoisotopic (exact) mass is 536 g/mol. The van der Waals surface area contributed by atoms with Crippen molar-refractivity contribution in [1.82, 2.24) is 9.88 Å². The molecule has 1 aromatic heterocycles. The zero-order valence-corrected chi connectivity index (χ0v) is 22.4. The summed E-state index contributed by atoms with van der Waals surface area (Å²) in [4.78, 5) is 39.6. The maximum Gasteiger partial charge on any atom is 0.344 e. The van der Waals surface area contributed by atoms with Crippen molar-refractivity contribution < 1.29 is 32.7 Å². The molecular formula is C26H36F2N5O5+. The number of halogens is 2. The number of carbonyl (C=O) groups excluding carboxylic acids is 1. The number of aliphatic carboxylic acids is 1. The lowest BCUT2D eigenvalue weighted by molar-refractivity contribution is -0.873. The molecule has 0 radical (unpaired) electrons. The molecule has 1 aliphatic heterocycles. The van der Waals surface area contributed by atoms with Crippen LogP contribution in [0.3, 0.4) is 0 Å². The highest BCUT2D eigenvalue weighted by Gasteiger charge is 2.35. The molecule has 0 bridgehead atoms. The zero-order chi connectivity index (χ0) is 28.1. The van der Waals surface area contributed by atoms with Crippen LogP contribution in [0, 0.1) is 11.6 Å². The second-order valence-electron chi connectivity index (χ2n) is 11.6. The van der Waals surface area contributed by atoms with Gasteiger partial charge in [-0.05, 0) is 26.7 Å². The van der Waals surface area contributed by atoms with E-state index in [-0.39, 0.29) is 35.9 Å². The van der Waals surface area contributed by atoms with Crippen LogP contribution >= 0.6 is 0 Å². The number of rotatable bonds is 8. The number of carboxylic acids is 1. The summed E-state index contributed by atoms with van der Waals surface area (Å²) in [5.74, 6) is -4.16. The molecule has 1 aliphatic carbocycles. The molecule has 12 heteroatoms. The number of likely N-dealkylation sites (N-methyl/N-ethyl adjacent to an activating group) is 1. The number of quaternary nitrogens is 1. The highest BCUT2D eigenvalue weighted by atomic mass is 19.1. The van der Waals surface area contributed by atoms with E-state index < -0.39 is 58.2 Å². The van der Waals surface area contributed by atoms with Crippen LogP contribution in [0.2, 0.25) is 0 Å². The fraction of sp³-hybridized carbons (Fsp3) is 0.577. The van der Waals surface area contributed by atoms with E-state index in [1.807, 2.05) is 35.0 Å². The van der Waals surface area contributed by atoms with E-state index in [0.717, 1.165) is 0 Å². The number of pyridine rings is 1. The Balaban J connectivity index is 1.85. The summed E-state index contributed by atoms with van der Waals surface area (Å²) in [6.45, 7) is 4.70. The van der Waals surface area contributed by atoms with Crippen molar-refractivity contribution in [3.8, 4) is 0 Å². The van der Waals surface area contributed by atoms with Gasteiger partial charge in [-0.2, -0.15) is 0 Å². The Hall–Kier alpha value is -3.25. The van der Waals surface area contributed by atoms with Crippen molar-refractivity contribution in [2.75, 3.05) is 51.4 Å². The molecule has 0 amide bonds. The summed E-state index contributed by atoms with van der Waals surface area (Å²) in [5, 5.41) is 12.2. The van der Waals surface area contributed by atoms with Gasteiger partial charge in [-0.3, -0.25) is 9.59 Å². The molecule has 208 valence electrons. The number of ether oxygens (including phenoxy) is 1. The first kappa shape index (κ1) is 27.8. The summed E-state index contributed by atoms with van der Waals surface area (Å²) in [5.41, 5.74) is 3.79. The van der Waals surface area contributed by atoms with E-state index >= 15 is 8.78 Å². The number of benzene rings is 1. The van der Waals surface area contributed by atoms with Crippen LogP contribution in [0.5, 0.6) is 0 Å². The molecule has 1 aromatic carbocycles. The van der Waals surface area contributed by atoms with Crippen LogP contribution in [-0.2, 0) is 9.53 Å². The average Bonchev–Trinajstić information content (AvgIpc) is 3.60. The quantitative estimate of drug-likeness (QED) is 0.266. The van der Waals surface area contributed by atoms with Crippen LogP contribution in [0.25, 0.3) is 10.9 Å². The highest BCUT2D eigenvalue weighted by molar-refractivity contribution is 6.00. The molecule has 1 saturated carbocycles. The molecule has 38 heavy (non-hydrogen) atoms. The van der Waals surface area contributed by atoms with Gasteiger partial charge < -0.3 is 34.8 Å². The van der Waals surface area contributed by atoms with Crippen molar-refractivity contribution in [1.29, 1.82) is 0 Å². The molecule has 4 N–H and O–H groups in total. The van der Waals surface area contributed by atoms with Gasteiger partial charge in [0.1, 0.15) is 17.8 Å². The normalized spacial score (nSPS) is 21.0. The molecule has 2 aromatic rings. The van der Waals surface area contributed by atoms with Crippen LogP contribution < -0.4 is 21.4 Å². The molecule has 1 unspecified atom stereocenters. The van der Waals surface area contributed by atoms with E-state index in [1.165, 1.54) is 10.8 Å². The number of nitrogens with zero attached hydrogens (tertiary/aromatic N) is 3. The summed E-state index contributed by atoms with van der Waals surface area (Å²) in [6, 6.07) is -0.246. The third-order valence-corrected chi connectivity index (χ3v) is 6.83. The fourth-order valence-corrected chi connectivity index (χ4v) is 5.29.